The van der Waals surface area contributed by atoms with E-state index >= 15 is 0 Å². The first-order chi connectivity index (χ1) is 24.4. The summed E-state index contributed by atoms with van der Waals surface area (Å²) < 4.78 is 9.36. The van der Waals surface area contributed by atoms with Gasteiger partial charge in [-0.2, -0.15) is 0 Å². The largest absolute Gasteiger partial charge is 0.441 e. The lowest BCUT2D eigenvalue weighted by molar-refractivity contribution is 0.625. The van der Waals surface area contributed by atoms with Crippen LogP contribution in [0.15, 0.2) is 174 Å². The maximum absolute atomic E-state index is 6.84. The number of para-hydroxylation sites is 5. The molecule has 0 aliphatic carbocycles. The van der Waals surface area contributed by atoms with Gasteiger partial charge in [0.25, 0.3) is 0 Å². The average molecular weight is 626 g/mol. The fourth-order valence-corrected chi connectivity index (χ4v) is 8.45. The van der Waals surface area contributed by atoms with Crippen molar-refractivity contribution in [2.24, 2.45) is 0 Å². The van der Waals surface area contributed by atoms with E-state index in [9.17, 15) is 0 Å². The molecule has 2 aliphatic heterocycles. The number of nitrogens with zero attached hydrogens (tertiary/aromatic N) is 3. The van der Waals surface area contributed by atoms with Crippen LogP contribution >= 0.6 is 0 Å². The molecule has 0 saturated heterocycles. The van der Waals surface area contributed by atoms with Crippen molar-refractivity contribution >= 4 is 79.2 Å². The lowest BCUT2D eigenvalue weighted by Gasteiger charge is -2.40. The first-order valence-electron chi connectivity index (χ1n) is 16.8. The fourth-order valence-electron chi connectivity index (χ4n) is 8.45. The zero-order valence-corrected chi connectivity index (χ0v) is 26.5. The smallest absolute Gasteiger partial charge is 0.336 e. The van der Waals surface area contributed by atoms with E-state index in [1.54, 1.807) is 0 Å². The van der Waals surface area contributed by atoms with E-state index in [0.717, 1.165) is 45.2 Å². The first-order valence-corrected chi connectivity index (χ1v) is 16.8. The maximum atomic E-state index is 6.84. The zero-order valence-electron chi connectivity index (χ0n) is 26.5. The van der Waals surface area contributed by atoms with Gasteiger partial charge in [0.2, 0.25) is 0 Å². The van der Waals surface area contributed by atoms with Crippen molar-refractivity contribution in [3.63, 3.8) is 0 Å². The summed E-state index contributed by atoms with van der Waals surface area (Å²) in [5.74, 6) is 0.888. The molecule has 0 saturated carbocycles. The normalized spacial score (nSPS) is 12.8. The lowest BCUT2D eigenvalue weighted by Crippen LogP contribution is -2.60. The molecule has 228 valence electrons. The number of hydrogen-bond donors (Lipinski definition) is 0. The van der Waals surface area contributed by atoms with Crippen molar-refractivity contribution in [1.29, 1.82) is 0 Å². The van der Waals surface area contributed by atoms with Gasteiger partial charge in [-0.1, -0.05) is 109 Å². The Balaban J connectivity index is 1.30. The highest BCUT2D eigenvalue weighted by molar-refractivity contribution is 6.93. The van der Waals surface area contributed by atoms with Crippen LogP contribution in [0.25, 0.3) is 49.6 Å². The Hall–Kier alpha value is -6.46. The molecule has 0 N–H and O–H groups in total. The van der Waals surface area contributed by atoms with E-state index in [1.807, 2.05) is 0 Å². The van der Waals surface area contributed by atoms with Crippen LogP contribution in [-0.4, -0.2) is 11.4 Å². The summed E-state index contributed by atoms with van der Waals surface area (Å²) in [6, 6.07) is 60.9. The highest BCUT2D eigenvalue weighted by atomic mass is 16.4. The lowest BCUT2D eigenvalue weighted by atomic mass is 9.44. The molecular formula is C44H28BN3O. The molecule has 0 unspecified atom stereocenters. The second-order valence-electron chi connectivity index (χ2n) is 12.9. The molecule has 7 aromatic carbocycles. The van der Waals surface area contributed by atoms with Crippen molar-refractivity contribution in [2.45, 2.75) is 0 Å². The number of hydrogen-bond acceptors (Lipinski definition) is 3. The Kier molecular flexibility index (Phi) is 5.44. The Morgan fingerprint density at radius 2 is 1.20 bits per heavy atom. The summed E-state index contributed by atoms with van der Waals surface area (Å²) in [6.45, 7) is -0.100. The maximum Gasteiger partial charge on any atom is 0.336 e. The minimum atomic E-state index is -0.100. The molecule has 0 spiro atoms. The number of fused-ring (bicyclic) bond motifs is 9. The van der Waals surface area contributed by atoms with Gasteiger partial charge in [0, 0.05) is 38.9 Å². The number of aromatic nitrogens is 1. The third kappa shape index (κ3) is 3.59. The van der Waals surface area contributed by atoms with E-state index in [2.05, 4.69) is 184 Å². The highest BCUT2D eigenvalue weighted by Gasteiger charge is 2.46. The Morgan fingerprint density at radius 1 is 0.551 bits per heavy atom. The quantitative estimate of drug-likeness (QED) is 0.182. The van der Waals surface area contributed by atoms with Gasteiger partial charge in [0.05, 0.1) is 22.3 Å². The zero-order chi connectivity index (χ0) is 32.1. The van der Waals surface area contributed by atoms with Crippen LogP contribution in [0.3, 0.4) is 0 Å². The van der Waals surface area contributed by atoms with Crippen LogP contribution < -0.4 is 20.6 Å². The molecule has 0 bridgehead atoms. The van der Waals surface area contributed by atoms with E-state index in [-0.39, 0.29) is 6.85 Å². The Labute approximate surface area is 283 Å². The predicted octanol–water partition coefficient (Wildman–Crippen LogP) is 10.2. The molecule has 9 aromatic rings. The van der Waals surface area contributed by atoms with Crippen molar-refractivity contribution in [3.8, 4) is 16.8 Å². The third-order valence-electron chi connectivity index (χ3n) is 10.3. The second-order valence-corrected chi connectivity index (χ2v) is 12.9. The van der Waals surface area contributed by atoms with Gasteiger partial charge in [-0.05, 0) is 77.2 Å². The Bertz CT molecular complexity index is 2690. The van der Waals surface area contributed by atoms with Gasteiger partial charge < -0.3 is 18.7 Å². The van der Waals surface area contributed by atoms with Gasteiger partial charge in [-0.15, -0.1) is 0 Å². The predicted molar refractivity (Wildman–Crippen MR) is 204 cm³/mol. The van der Waals surface area contributed by atoms with Gasteiger partial charge in [0.15, 0.2) is 5.88 Å². The summed E-state index contributed by atoms with van der Waals surface area (Å²) in [4.78, 5) is 4.83. The summed E-state index contributed by atoms with van der Waals surface area (Å²) in [5, 5.41) is 3.60. The number of rotatable bonds is 4. The summed E-state index contributed by atoms with van der Waals surface area (Å²) in [6.07, 6.45) is 0. The SMILES string of the molecule is c1ccc(N2B3c4c(cccc4-n4c5ccccc5c5c(N(c6ccccc6)c6ccccc6)ccc3c54)-c3c2oc2ccccc32)cc1. The standard InChI is InChI=1S/C44H28BN3O/c1-4-15-29(16-5-1)46(30-17-6-2-7-18-30)37-28-27-35-43-41(37)32-21-10-12-24-36(32)47(43)38-25-14-23-34-40-33-22-11-13-26-39(33)49-44(40)48(45(35)42(34)38)31-19-8-3-9-20-31/h1-28H. The van der Waals surface area contributed by atoms with Gasteiger partial charge in [-0.3, -0.25) is 0 Å². The van der Waals surface area contributed by atoms with Gasteiger partial charge in [-0.25, -0.2) is 0 Å². The van der Waals surface area contributed by atoms with Gasteiger partial charge in [0.1, 0.15) is 5.58 Å². The molecule has 0 atom stereocenters. The minimum absolute atomic E-state index is 0.100. The summed E-state index contributed by atoms with van der Waals surface area (Å²) >= 11 is 0. The number of anilines is 5. The second kappa shape index (κ2) is 10.0. The molecule has 2 aliphatic rings. The fraction of sp³-hybridized carbons (Fsp3) is 0. The molecule has 4 nitrogen and oxygen atoms in total. The summed E-state index contributed by atoms with van der Waals surface area (Å²) in [7, 11) is 0. The van der Waals surface area contributed by atoms with E-state index in [4.69, 9.17) is 4.42 Å². The van der Waals surface area contributed by atoms with Crippen molar-refractivity contribution in [3.05, 3.63) is 170 Å². The molecule has 5 heteroatoms. The number of benzene rings is 7. The Morgan fingerprint density at radius 3 is 1.96 bits per heavy atom. The average Bonchev–Trinajstić information content (AvgIpc) is 3.73. The van der Waals surface area contributed by atoms with Crippen LogP contribution in [0, 0.1) is 0 Å². The summed E-state index contributed by atoms with van der Waals surface area (Å²) in [5.41, 5.74) is 14.0. The molecule has 0 amide bonds. The molecular weight excluding hydrogens is 597 g/mol. The van der Waals surface area contributed by atoms with E-state index in [1.165, 1.54) is 44.0 Å². The van der Waals surface area contributed by atoms with E-state index in [0.29, 0.717) is 0 Å². The van der Waals surface area contributed by atoms with Crippen molar-refractivity contribution in [1.82, 2.24) is 4.57 Å². The molecule has 49 heavy (non-hydrogen) atoms. The van der Waals surface area contributed by atoms with Gasteiger partial charge >= 0.3 is 6.85 Å². The molecule has 11 rings (SSSR count). The first kappa shape index (κ1) is 26.6. The van der Waals surface area contributed by atoms with Crippen LogP contribution in [0.1, 0.15) is 0 Å². The van der Waals surface area contributed by atoms with Crippen LogP contribution in [0.5, 0.6) is 0 Å². The topological polar surface area (TPSA) is 24.6 Å². The van der Waals surface area contributed by atoms with Crippen LogP contribution in [0.2, 0.25) is 0 Å². The molecule has 0 fully saturated rings. The molecule has 2 aromatic heterocycles. The van der Waals surface area contributed by atoms with Crippen molar-refractivity contribution in [2.75, 3.05) is 9.71 Å². The van der Waals surface area contributed by atoms with Crippen LogP contribution in [0.4, 0.5) is 28.6 Å². The number of furan rings is 1. The highest BCUT2D eigenvalue weighted by Crippen LogP contribution is 2.50. The third-order valence-corrected chi connectivity index (χ3v) is 10.3. The van der Waals surface area contributed by atoms with Crippen LogP contribution in [-0.2, 0) is 0 Å². The van der Waals surface area contributed by atoms with E-state index < -0.39 is 0 Å². The molecule has 4 heterocycles. The molecule has 0 radical (unpaired) electrons. The van der Waals surface area contributed by atoms with Crippen molar-refractivity contribution < 1.29 is 4.42 Å². The minimum Gasteiger partial charge on any atom is -0.441 e. The monoisotopic (exact) mass is 625 g/mol.